The van der Waals surface area contributed by atoms with Crippen LogP contribution in [-0.4, -0.2) is 13.2 Å². The zero-order chi connectivity index (χ0) is 14.7. The van der Waals surface area contributed by atoms with Gasteiger partial charge >= 0.3 is 0 Å². The Hall–Kier alpha value is -2.04. The SMILES string of the molecule is Cc1ccc(CC(NN)c2cccc3c2OCCO3)cc1. The Morgan fingerprint density at radius 1 is 1.10 bits per heavy atom. The maximum absolute atomic E-state index is 5.77. The van der Waals surface area contributed by atoms with Crippen molar-refractivity contribution in [2.75, 3.05) is 13.2 Å². The molecule has 1 aliphatic heterocycles. The number of nitrogens with two attached hydrogens (primary N) is 1. The number of rotatable bonds is 4. The number of nitrogens with one attached hydrogen (secondary N) is 1. The van der Waals surface area contributed by atoms with Crippen LogP contribution in [0.5, 0.6) is 11.5 Å². The smallest absolute Gasteiger partial charge is 0.166 e. The van der Waals surface area contributed by atoms with Gasteiger partial charge in [-0.1, -0.05) is 42.0 Å². The second kappa shape index (κ2) is 6.16. The van der Waals surface area contributed by atoms with Crippen molar-refractivity contribution in [2.24, 2.45) is 5.84 Å². The molecule has 2 aromatic rings. The van der Waals surface area contributed by atoms with Crippen LogP contribution in [0.3, 0.4) is 0 Å². The quantitative estimate of drug-likeness (QED) is 0.669. The van der Waals surface area contributed by atoms with E-state index >= 15 is 0 Å². The molecule has 1 unspecified atom stereocenters. The summed E-state index contributed by atoms with van der Waals surface area (Å²) in [6.07, 6.45) is 0.802. The normalized spacial score (nSPS) is 14.8. The van der Waals surface area contributed by atoms with Crippen molar-refractivity contribution in [1.82, 2.24) is 5.43 Å². The minimum atomic E-state index is -0.00986. The third-order valence-corrected chi connectivity index (χ3v) is 3.73. The predicted octanol–water partition coefficient (Wildman–Crippen LogP) is 2.51. The summed E-state index contributed by atoms with van der Waals surface area (Å²) in [6.45, 7) is 3.25. The van der Waals surface area contributed by atoms with Gasteiger partial charge in [0.05, 0.1) is 6.04 Å². The lowest BCUT2D eigenvalue weighted by atomic mass is 9.97. The molecule has 4 nitrogen and oxygen atoms in total. The monoisotopic (exact) mass is 284 g/mol. The van der Waals surface area contributed by atoms with E-state index in [2.05, 4.69) is 36.6 Å². The van der Waals surface area contributed by atoms with Crippen LogP contribution in [0.4, 0.5) is 0 Å². The van der Waals surface area contributed by atoms with Crippen LogP contribution in [0.25, 0.3) is 0 Å². The molecule has 0 radical (unpaired) electrons. The summed E-state index contributed by atoms with van der Waals surface area (Å²) in [6, 6.07) is 14.4. The highest BCUT2D eigenvalue weighted by atomic mass is 16.6. The minimum Gasteiger partial charge on any atom is -0.486 e. The van der Waals surface area contributed by atoms with Gasteiger partial charge in [0.15, 0.2) is 11.5 Å². The zero-order valence-corrected chi connectivity index (χ0v) is 12.1. The molecule has 0 fully saturated rings. The van der Waals surface area contributed by atoms with Gasteiger partial charge in [-0.25, -0.2) is 0 Å². The van der Waals surface area contributed by atoms with E-state index in [-0.39, 0.29) is 6.04 Å². The highest BCUT2D eigenvalue weighted by Crippen LogP contribution is 2.37. The third-order valence-electron chi connectivity index (χ3n) is 3.73. The molecule has 3 rings (SSSR count). The Morgan fingerprint density at radius 3 is 2.62 bits per heavy atom. The highest BCUT2D eigenvalue weighted by Gasteiger charge is 2.21. The molecule has 4 heteroatoms. The Bertz CT molecular complexity index is 611. The maximum atomic E-state index is 5.77. The molecular weight excluding hydrogens is 264 g/mol. The Balaban J connectivity index is 1.88. The van der Waals surface area contributed by atoms with Crippen molar-refractivity contribution in [1.29, 1.82) is 0 Å². The lowest BCUT2D eigenvalue weighted by molar-refractivity contribution is 0.168. The maximum Gasteiger partial charge on any atom is 0.166 e. The molecule has 0 bridgehead atoms. The van der Waals surface area contributed by atoms with Crippen LogP contribution in [0.1, 0.15) is 22.7 Å². The molecule has 0 aliphatic carbocycles. The van der Waals surface area contributed by atoms with E-state index in [9.17, 15) is 0 Å². The van der Waals surface area contributed by atoms with Crippen molar-refractivity contribution in [3.63, 3.8) is 0 Å². The number of aryl methyl sites for hydroxylation is 1. The van der Waals surface area contributed by atoms with E-state index in [0.717, 1.165) is 23.5 Å². The van der Waals surface area contributed by atoms with Gasteiger partial charge in [0.25, 0.3) is 0 Å². The topological polar surface area (TPSA) is 56.5 Å². The summed E-state index contributed by atoms with van der Waals surface area (Å²) >= 11 is 0. The molecule has 110 valence electrons. The Kier molecular flexibility index (Phi) is 4.08. The Labute approximate surface area is 124 Å². The van der Waals surface area contributed by atoms with Crippen LogP contribution in [0.2, 0.25) is 0 Å². The number of para-hydroxylation sites is 1. The van der Waals surface area contributed by atoms with Gasteiger partial charge in [-0.05, 0) is 25.0 Å². The molecule has 1 heterocycles. The molecule has 0 amide bonds. The second-order valence-electron chi connectivity index (χ2n) is 5.28. The molecule has 2 aromatic carbocycles. The van der Waals surface area contributed by atoms with Crippen LogP contribution < -0.4 is 20.7 Å². The average Bonchev–Trinajstić information content (AvgIpc) is 2.54. The Morgan fingerprint density at radius 2 is 1.86 bits per heavy atom. The second-order valence-corrected chi connectivity index (χ2v) is 5.28. The van der Waals surface area contributed by atoms with Gasteiger partial charge in [0.1, 0.15) is 13.2 Å². The number of hydrogen-bond donors (Lipinski definition) is 2. The first-order chi connectivity index (χ1) is 10.3. The summed E-state index contributed by atoms with van der Waals surface area (Å²) in [4.78, 5) is 0. The zero-order valence-electron chi connectivity index (χ0n) is 12.1. The standard InChI is InChI=1S/C17H20N2O2/c1-12-5-7-13(8-6-12)11-15(19-18)14-3-2-4-16-17(14)21-10-9-20-16/h2-8,15,19H,9-11,18H2,1H3. The van der Waals surface area contributed by atoms with Crippen LogP contribution in [0, 0.1) is 6.92 Å². The molecule has 0 aromatic heterocycles. The first-order valence-corrected chi connectivity index (χ1v) is 7.18. The van der Waals surface area contributed by atoms with E-state index in [4.69, 9.17) is 15.3 Å². The van der Waals surface area contributed by atoms with Crippen molar-refractivity contribution in [3.05, 3.63) is 59.2 Å². The van der Waals surface area contributed by atoms with Crippen LogP contribution in [-0.2, 0) is 6.42 Å². The number of benzene rings is 2. The van der Waals surface area contributed by atoms with Crippen molar-refractivity contribution in [2.45, 2.75) is 19.4 Å². The van der Waals surface area contributed by atoms with E-state index in [1.54, 1.807) is 0 Å². The number of hydrazine groups is 1. The summed E-state index contributed by atoms with van der Waals surface area (Å²) in [5, 5.41) is 0. The number of hydrogen-bond acceptors (Lipinski definition) is 4. The number of fused-ring (bicyclic) bond motifs is 1. The first-order valence-electron chi connectivity index (χ1n) is 7.18. The van der Waals surface area contributed by atoms with Crippen molar-refractivity contribution < 1.29 is 9.47 Å². The van der Waals surface area contributed by atoms with E-state index in [0.29, 0.717) is 13.2 Å². The third kappa shape index (κ3) is 3.01. The van der Waals surface area contributed by atoms with Crippen molar-refractivity contribution >= 4 is 0 Å². The average molecular weight is 284 g/mol. The number of ether oxygens (including phenoxy) is 2. The summed E-state index contributed by atoms with van der Waals surface area (Å²) < 4.78 is 11.4. The summed E-state index contributed by atoms with van der Waals surface area (Å²) in [5.74, 6) is 7.37. The van der Waals surface area contributed by atoms with Crippen molar-refractivity contribution in [3.8, 4) is 11.5 Å². The van der Waals surface area contributed by atoms with E-state index in [1.165, 1.54) is 11.1 Å². The molecule has 3 N–H and O–H groups in total. The van der Waals surface area contributed by atoms with Gasteiger partial charge in [-0.3, -0.25) is 11.3 Å². The molecule has 0 saturated heterocycles. The fourth-order valence-electron chi connectivity index (χ4n) is 2.59. The lowest BCUT2D eigenvalue weighted by Gasteiger charge is -2.25. The fourth-order valence-corrected chi connectivity index (χ4v) is 2.59. The van der Waals surface area contributed by atoms with Gasteiger partial charge < -0.3 is 9.47 Å². The van der Waals surface area contributed by atoms with Gasteiger partial charge in [-0.2, -0.15) is 0 Å². The molecule has 0 saturated carbocycles. The molecular formula is C17H20N2O2. The largest absolute Gasteiger partial charge is 0.486 e. The van der Waals surface area contributed by atoms with E-state index in [1.807, 2.05) is 18.2 Å². The summed E-state index contributed by atoms with van der Waals surface area (Å²) in [7, 11) is 0. The first kappa shape index (κ1) is 13.9. The van der Waals surface area contributed by atoms with Crippen LogP contribution >= 0.6 is 0 Å². The van der Waals surface area contributed by atoms with Crippen LogP contribution in [0.15, 0.2) is 42.5 Å². The highest BCUT2D eigenvalue weighted by molar-refractivity contribution is 5.49. The molecule has 1 atom stereocenters. The predicted molar refractivity (Wildman–Crippen MR) is 82.4 cm³/mol. The van der Waals surface area contributed by atoms with E-state index < -0.39 is 0 Å². The molecule has 0 spiro atoms. The van der Waals surface area contributed by atoms with Gasteiger partial charge in [0.2, 0.25) is 0 Å². The van der Waals surface area contributed by atoms with Gasteiger partial charge in [-0.15, -0.1) is 0 Å². The molecule has 1 aliphatic rings. The summed E-state index contributed by atoms with van der Waals surface area (Å²) in [5.41, 5.74) is 6.42. The lowest BCUT2D eigenvalue weighted by Crippen LogP contribution is -2.30. The molecule has 21 heavy (non-hydrogen) atoms. The minimum absolute atomic E-state index is 0.00986. The fraction of sp³-hybridized carbons (Fsp3) is 0.294. The van der Waals surface area contributed by atoms with Gasteiger partial charge in [0, 0.05) is 5.56 Å².